The van der Waals surface area contributed by atoms with E-state index in [0.29, 0.717) is 11.6 Å². The van der Waals surface area contributed by atoms with E-state index in [4.69, 9.17) is 4.74 Å². The fourth-order valence-corrected chi connectivity index (χ4v) is 3.95. The van der Waals surface area contributed by atoms with Gasteiger partial charge in [0.25, 0.3) is 5.91 Å². The van der Waals surface area contributed by atoms with Crippen molar-refractivity contribution in [3.63, 3.8) is 0 Å². The van der Waals surface area contributed by atoms with Crippen molar-refractivity contribution in [3.05, 3.63) is 59.4 Å². The maximum absolute atomic E-state index is 13.4. The van der Waals surface area contributed by atoms with E-state index in [1.807, 2.05) is 6.07 Å². The van der Waals surface area contributed by atoms with Crippen LogP contribution in [-0.4, -0.2) is 42.5 Å². The molecule has 32 heavy (non-hydrogen) atoms. The maximum Gasteiger partial charge on any atom is 0.258 e. The number of hydrogen-bond donors (Lipinski definition) is 1. The highest BCUT2D eigenvalue weighted by Crippen LogP contribution is 2.44. The fraction of sp³-hybridized carbons (Fsp3) is 0.409. The molecule has 0 radical (unpaired) electrons. The number of nitrogens with zero attached hydrogens (tertiary/aromatic N) is 2. The Morgan fingerprint density at radius 2 is 1.94 bits per heavy atom. The monoisotopic (exact) mass is 463 g/mol. The number of para-hydroxylation sites is 1. The predicted molar refractivity (Wildman–Crippen MR) is 113 cm³/mol. The van der Waals surface area contributed by atoms with Crippen LogP contribution in [0, 0.1) is 5.92 Å². The van der Waals surface area contributed by atoms with Crippen molar-refractivity contribution in [2.45, 2.75) is 43.6 Å². The van der Waals surface area contributed by atoms with Gasteiger partial charge in [-0.1, -0.05) is 24.3 Å². The van der Waals surface area contributed by atoms with Crippen LogP contribution < -0.4 is 10.1 Å². The summed E-state index contributed by atoms with van der Waals surface area (Å²) in [6.07, 6.45) is 4.65. The van der Waals surface area contributed by atoms with Crippen LogP contribution in [0.2, 0.25) is 0 Å². The number of sulfone groups is 1. The number of nitrogens with one attached hydrogen (secondary N) is 1. The Hall–Kier alpha value is -2.88. The van der Waals surface area contributed by atoms with Gasteiger partial charge in [0.2, 0.25) is 11.8 Å². The van der Waals surface area contributed by atoms with E-state index in [-0.39, 0.29) is 17.4 Å². The molecule has 1 unspecified atom stereocenters. The van der Waals surface area contributed by atoms with Gasteiger partial charge in [-0.25, -0.2) is 22.2 Å². The minimum Gasteiger partial charge on any atom is -0.438 e. The Kier molecular flexibility index (Phi) is 5.98. The number of amides is 1. The Bertz CT molecular complexity index is 1130. The average Bonchev–Trinajstić information content (AvgIpc) is 3.54. The smallest absolute Gasteiger partial charge is 0.258 e. The van der Waals surface area contributed by atoms with E-state index in [1.165, 1.54) is 12.3 Å². The molecule has 1 heterocycles. The minimum atomic E-state index is -3.49. The Labute approximate surface area is 184 Å². The van der Waals surface area contributed by atoms with E-state index in [1.54, 1.807) is 24.3 Å². The first-order chi connectivity index (χ1) is 15.1. The second-order valence-electron chi connectivity index (χ2n) is 8.32. The first-order valence-corrected chi connectivity index (χ1v) is 12.2. The van der Waals surface area contributed by atoms with Gasteiger partial charge in [-0.3, -0.25) is 4.79 Å². The van der Waals surface area contributed by atoms with E-state index in [0.717, 1.165) is 24.5 Å². The second kappa shape index (κ2) is 8.57. The third kappa shape index (κ3) is 5.67. The van der Waals surface area contributed by atoms with Crippen LogP contribution in [0.25, 0.3) is 0 Å². The molecule has 10 heteroatoms. The second-order valence-corrected chi connectivity index (χ2v) is 10.2. The van der Waals surface area contributed by atoms with Crippen molar-refractivity contribution < 1.29 is 26.7 Å². The van der Waals surface area contributed by atoms with E-state index < -0.39 is 46.5 Å². The molecule has 1 atom stereocenters. The largest absolute Gasteiger partial charge is 0.438 e. The molecule has 1 aromatic carbocycles. The summed E-state index contributed by atoms with van der Waals surface area (Å²) in [6.45, 7) is 0. The third-order valence-corrected chi connectivity index (χ3v) is 6.03. The van der Waals surface area contributed by atoms with Crippen LogP contribution in [0.1, 0.15) is 47.8 Å². The number of carbonyl (C=O) groups excluding carboxylic acids is 1. The summed E-state index contributed by atoms with van der Waals surface area (Å²) < 4.78 is 55.7. The van der Waals surface area contributed by atoms with E-state index in [9.17, 15) is 22.0 Å². The quantitative estimate of drug-likeness (QED) is 0.639. The lowest BCUT2D eigenvalue weighted by Crippen LogP contribution is -2.49. The number of aromatic nitrogens is 2. The molecule has 0 aliphatic heterocycles. The lowest BCUT2D eigenvalue weighted by Gasteiger charge is -2.39. The molecule has 2 aliphatic carbocycles. The van der Waals surface area contributed by atoms with Gasteiger partial charge in [-0.05, 0) is 30.9 Å². The highest BCUT2D eigenvalue weighted by atomic mass is 32.2. The zero-order valence-corrected chi connectivity index (χ0v) is 18.2. The summed E-state index contributed by atoms with van der Waals surface area (Å²) >= 11 is 0. The first kappa shape index (κ1) is 22.3. The number of carbonyl (C=O) groups is 1. The Balaban J connectivity index is 1.59. The number of halogens is 2. The van der Waals surface area contributed by atoms with Gasteiger partial charge < -0.3 is 10.1 Å². The predicted octanol–water partition coefficient (Wildman–Crippen LogP) is 3.85. The molecular formula is C22H23F2N3O4S. The number of benzene rings is 1. The van der Waals surface area contributed by atoms with Crippen molar-refractivity contribution in [1.29, 1.82) is 0 Å². The molecule has 0 saturated heterocycles. The Morgan fingerprint density at radius 1 is 1.25 bits per heavy atom. The van der Waals surface area contributed by atoms with Crippen LogP contribution in [0.5, 0.6) is 11.6 Å². The van der Waals surface area contributed by atoms with Gasteiger partial charge in [-0.15, -0.1) is 0 Å². The van der Waals surface area contributed by atoms with Crippen molar-refractivity contribution in [2.75, 3.05) is 6.26 Å². The van der Waals surface area contributed by atoms with Crippen LogP contribution in [0.4, 0.5) is 8.78 Å². The summed E-state index contributed by atoms with van der Waals surface area (Å²) in [4.78, 5) is 21.7. The number of hydrogen-bond acceptors (Lipinski definition) is 6. The minimum absolute atomic E-state index is 0.0436. The highest BCUT2D eigenvalue weighted by Gasteiger charge is 2.48. The molecule has 2 fully saturated rings. The summed E-state index contributed by atoms with van der Waals surface area (Å²) in [6, 6.07) is 7.93. The average molecular weight is 464 g/mol. The molecule has 1 N–H and O–H groups in total. The molecule has 170 valence electrons. The lowest BCUT2D eigenvalue weighted by molar-refractivity contribution is -0.114. The van der Waals surface area contributed by atoms with Crippen LogP contribution in [-0.2, 0) is 9.84 Å². The zero-order valence-electron chi connectivity index (χ0n) is 17.4. The van der Waals surface area contributed by atoms with Gasteiger partial charge >= 0.3 is 0 Å². The first-order valence-electron chi connectivity index (χ1n) is 10.3. The van der Waals surface area contributed by atoms with E-state index >= 15 is 0 Å². The standard InChI is InChI=1S/C22H23F2N3O4S/c1-32(29,30)10-9-18(15-11-22(23,24)12-15)26-20(28)17-13-25-19(14-7-8-14)27-21(17)31-16-5-3-2-4-6-16/h2-6,9-10,13-15,18H,7-8,11-12H2,1H3,(H,26,28). The van der Waals surface area contributed by atoms with Crippen LogP contribution in [0.15, 0.2) is 48.0 Å². The van der Waals surface area contributed by atoms with Crippen molar-refractivity contribution >= 4 is 15.7 Å². The molecule has 2 saturated carbocycles. The molecule has 2 aromatic rings. The lowest BCUT2D eigenvalue weighted by atomic mass is 9.76. The fourth-order valence-electron chi connectivity index (χ4n) is 3.49. The number of rotatable bonds is 8. The maximum atomic E-state index is 13.4. The van der Waals surface area contributed by atoms with Gasteiger partial charge in [0.05, 0.1) is 6.04 Å². The summed E-state index contributed by atoms with van der Waals surface area (Å²) in [7, 11) is -3.49. The molecule has 2 aliphatic rings. The summed E-state index contributed by atoms with van der Waals surface area (Å²) in [5.41, 5.74) is 0.0436. The van der Waals surface area contributed by atoms with Gasteiger partial charge in [0.15, 0.2) is 9.84 Å². The Morgan fingerprint density at radius 3 is 2.53 bits per heavy atom. The molecule has 1 aromatic heterocycles. The molecular weight excluding hydrogens is 440 g/mol. The van der Waals surface area contributed by atoms with Gasteiger partial charge in [0.1, 0.15) is 17.1 Å². The van der Waals surface area contributed by atoms with Gasteiger partial charge in [-0.2, -0.15) is 4.98 Å². The molecule has 7 nitrogen and oxygen atoms in total. The third-order valence-electron chi connectivity index (χ3n) is 5.38. The normalized spacial score (nSPS) is 19.3. The summed E-state index contributed by atoms with van der Waals surface area (Å²) in [5.74, 6) is -2.67. The van der Waals surface area contributed by atoms with Gasteiger partial charge in [0, 0.05) is 36.6 Å². The molecule has 4 rings (SSSR count). The summed E-state index contributed by atoms with van der Waals surface area (Å²) in [5, 5.41) is 3.57. The van der Waals surface area contributed by atoms with E-state index in [2.05, 4.69) is 15.3 Å². The van der Waals surface area contributed by atoms with Crippen molar-refractivity contribution in [2.24, 2.45) is 5.92 Å². The SMILES string of the molecule is CS(=O)(=O)C=CC(NC(=O)c1cnc(C2CC2)nc1Oc1ccccc1)C1CC(F)(F)C1. The number of alkyl halides is 2. The van der Waals surface area contributed by atoms with Crippen LogP contribution in [0.3, 0.4) is 0 Å². The molecule has 1 amide bonds. The van der Waals surface area contributed by atoms with Crippen molar-refractivity contribution in [3.8, 4) is 11.6 Å². The molecule has 0 spiro atoms. The van der Waals surface area contributed by atoms with Crippen LogP contribution >= 0.6 is 0 Å². The number of ether oxygens (including phenoxy) is 1. The van der Waals surface area contributed by atoms with Crippen molar-refractivity contribution in [1.82, 2.24) is 15.3 Å². The molecule has 0 bridgehead atoms. The topological polar surface area (TPSA) is 98.2 Å². The zero-order chi connectivity index (χ0) is 22.9. The highest BCUT2D eigenvalue weighted by molar-refractivity contribution is 7.93.